The molecule has 0 saturated heterocycles. The first-order chi connectivity index (χ1) is 19.0. The third-order valence-electron chi connectivity index (χ3n) is 7.00. The van der Waals surface area contributed by atoms with Crippen molar-refractivity contribution < 1.29 is 4.74 Å². The topological polar surface area (TPSA) is 89.8 Å². The lowest BCUT2D eigenvalue weighted by molar-refractivity contribution is 0.415. The van der Waals surface area contributed by atoms with Crippen LogP contribution in [-0.2, 0) is 0 Å². The van der Waals surface area contributed by atoms with Crippen LogP contribution in [0.2, 0.25) is 10.0 Å². The molecule has 0 spiro atoms. The van der Waals surface area contributed by atoms with E-state index >= 15 is 0 Å². The molecule has 0 amide bonds. The fourth-order valence-electron chi connectivity index (χ4n) is 5.12. The van der Waals surface area contributed by atoms with Crippen molar-refractivity contribution in [3.63, 3.8) is 0 Å². The monoisotopic (exact) mass is 556 g/mol. The highest BCUT2D eigenvalue weighted by molar-refractivity contribution is 6.30. The number of nitrogens with one attached hydrogen (secondary N) is 1. The second-order valence-corrected chi connectivity index (χ2v) is 10.4. The van der Waals surface area contributed by atoms with Crippen molar-refractivity contribution in [2.45, 2.75) is 25.3 Å². The van der Waals surface area contributed by atoms with Gasteiger partial charge in [-0.3, -0.25) is 0 Å². The largest absolute Gasteiger partial charge is 0.497 e. The molecular weight excluding hydrogens is 531 g/mol. The van der Waals surface area contributed by atoms with E-state index in [9.17, 15) is 0 Å². The number of methoxy groups -OCH3 is 1. The van der Waals surface area contributed by atoms with Gasteiger partial charge < -0.3 is 15.8 Å². The lowest BCUT2D eigenvalue weighted by Crippen LogP contribution is -2.28. The highest BCUT2D eigenvalue weighted by atomic mass is 35.5. The molecule has 3 aromatic carbocycles. The van der Waals surface area contributed by atoms with Gasteiger partial charge in [0.1, 0.15) is 11.8 Å². The Morgan fingerprint density at radius 3 is 2.33 bits per heavy atom. The standard InChI is InChI=1S/C30H26Cl2N6O/c1-39-24-15-13-23(14-16-24)35-36-27-29(33)37-38-28(19-7-11-22(32)12-8-19)25-4-2-3-20(26(25)34-30(27)38)17-18-5-9-21(31)10-6-18/h5-17,28,34H,2-4H2,1H3,(H2,33,37)/b20-17-,36-35?. The average molecular weight is 557 g/mol. The third kappa shape index (κ3) is 5.03. The number of ether oxygens (including phenoxy) is 1. The predicted octanol–water partition coefficient (Wildman–Crippen LogP) is 8.73. The molecule has 2 heterocycles. The second kappa shape index (κ2) is 10.6. The van der Waals surface area contributed by atoms with Crippen molar-refractivity contribution in [2.24, 2.45) is 10.2 Å². The van der Waals surface area contributed by atoms with Crippen LogP contribution in [0.15, 0.2) is 99.9 Å². The third-order valence-corrected chi connectivity index (χ3v) is 7.50. The van der Waals surface area contributed by atoms with Gasteiger partial charge in [0.15, 0.2) is 17.3 Å². The Labute approximate surface area is 236 Å². The molecule has 6 rings (SSSR count). The lowest BCUT2D eigenvalue weighted by Gasteiger charge is -2.35. The number of nitrogen functional groups attached to an aromatic ring is 1. The van der Waals surface area contributed by atoms with Crippen LogP contribution in [0.4, 0.5) is 23.0 Å². The maximum Gasteiger partial charge on any atom is 0.175 e. The zero-order valence-corrected chi connectivity index (χ0v) is 22.7. The Morgan fingerprint density at radius 2 is 1.64 bits per heavy atom. The molecule has 9 heteroatoms. The molecule has 196 valence electrons. The number of hydrogen-bond acceptors (Lipinski definition) is 6. The van der Waals surface area contributed by atoms with Crippen molar-refractivity contribution in [1.29, 1.82) is 0 Å². The molecule has 0 radical (unpaired) electrons. The van der Waals surface area contributed by atoms with Gasteiger partial charge in [0, 0.05) is 15.7 Å². The summed E-state index contributed by atoms with van der Waals surface area (Å²) in [6.45, 7) is 0. The molecule has 1 aliphatic carbocycles. The van der Waals surface area contributed by atoms with Gasteiger partial charge in [-0.25, -0.2) is 4.68 Å². The van der Waals surface area contributed by atoms with E-state index in [1.54, 1.807) is 7.11 Å². The average Bonchev–Trinajstić information content (AvgIpc) is 3.27. The van der Waals surface area contributed by atoms with Gasteiger partial charge in [0.05, 0.1) is 12.8 Å². The van der Waals surface area contributed by atoms with Crippen LogP contribution < -0.4 is 15.8 Å². The van der Waals surface area contributed by atoms with E-state index < -0.39 is 0 Å². The highest BCUT2D eigenvalue weighted by Gasteiger charge is 2.35. The lowest BCUT2D eigenvalue weighted by atomic mass is 9.83. The summed E-state index contributed by atoms with van der Waals surface area (Å²) in [4.78, 5) is 0. The van der Waals surface area contributed by atoms with Crippen LogP contribution in [0.5, 0.6) is 5.75 Å². The first-order valence-corrected chi connectivity index (χ1v) is 13.4. The quantitative estimate of drug-likeness (QED) is 0.240. The molecule has 1 unspecified atom stereocenters. The Kier molecular flexibility index (Phi) is 6.85. The minimum Gasteiger partial charge on any atom is -0.497 e. The number of anilines is 2. The van der Waals surface area contributed by atoms with Crippen molar-refractivity contribution in [2.75, 3.05) is 18.2 Å². The summed E-state index contributed by atoms with van der Waals surface area (Å²) < 4.78 is 7.16. The molecule has 1 aliphatic heterocycles. The van der Waals surface area contributed by atoms with E-state index in [0.717, 1.165) is 41.8 Å². The van der Waals surface area contributed by atoms with Gasteiger partial charge in [0.25, 0.3) is 0 Å². The van der Waals surface area contributed by atoms with Gasteiger partial charge >= 0.3 is 0 Å². The molecule has 2 aliphatic rings. The SMILES string of the molecule is COc1ccc(N=Nc2c(N)nn3c2NC2=C(CCC/C2=C/c2ccc(Cl)cc2)C3c2ccc(Cl)cc2)cc1. The van der Waals surface area contributed by atoms with Crippen LogP contribution >= 0.6 is 23.2 Å². The predicted molar refractivity (Wildman–Crippen MR) is 157 cm³/mol. The van der Waals surface area contributed by atoms with Crippen molar-refractivity contribution in [1.82, 2.24) is 9.78 Å². The molecule has 7 nitrogen and oxygen atoms in total. The summed E-state index contributed by atoms with van der Waals surface area (Å²) in [5.74, 6) is 1.75. The van der Waals surface area contributed by atoms with Crippen LogP contribution in [0.25, 0.3) is 6.08 Å². The van der Waals surface area contributed by atoms with Gasteiger partial charge in [-0.15, -0.1) is 5.11 Å². The van der Waals surface area contributed by atoms with E-state index in [-0.39, 0.29) is 6.04 Å². The first kappa shape index (κ1) is 25.2. The van der Waals surface area contributed by atoms with E-state index in [0.29, 0.717) is 33.1 Å². The molecule has 0 saturated carbocycles. The fraction of sp³-hybridized carbons (Fsp3) is 0.167. The van der Waals surface area contributed by atoms with Crippen molar-refractivity contribution in [3.8, 4) is 5.75 Å². The Hall–Kier alpha value is -4.07. The molecular formula is C30H26Cl2N6O. The summed E-state index contributed by atoms with van der Waals surface area (Å²) in [6, 6.07) is 23.0. The number of nitrogens with two attached hydrogens (primary N) is 1. The number of rotatable bonds is 5. The number of nitrogens with zero attached hydrogens (tertiary/aromatic N) is 4. The normalized spacial score (nSPS) is 17.7. The molecule has 1 atom stereocenters. The molecule has 0 bridgehead atoms. The van der Waals surface area contributed by atoms with Gasteiger partial charge in [-0.1, -0.05) is 47.5 Å². The summed E-state index contributed by atoms with van der Waals surface area (Å²) in [5.41, 5.74) is 13.3. The van der Waals surface area contributed by atoms with Crippen LogP contribution in [-0.4, -0.2) is 16.9 Å². The van der Waals surface area contributed by atoms with Crippen LogP contribution in [0.3, 0.4) is 0 Å². The molecule has 3 N–H and O–H groups in total. The highest BCUT2D eigenvalue weighted by Crippen LogP contribution is 2.48. The first-order valence-electron chi connectivity index (χ1n) is 12.7. The minimum absolute atomic E-state index is 0.158. The zero-order valence-electron chi connectivity index (χ0n) is 21.2. The van der Waals surface area contributed by atoms with Crippen molar-refractivity contribution in [3.05, 3.63) is 111 Å². The number of benzene rings is 3. The van der Waals surface area contributed by atoms with Crippen LogP contribution in [0, 0.1) is 0 Å². The summed E-state index contributed by atoms with van der Waals surface area (Å²) in [5, 5.41) is 18.8. The van der Waals surface area contributed by atoms with E-state index in [1.807, 2.05) is 77.5 Å². The van der Waals surface area contributed by atoms with Crippen LogP contribution in [0.1, 0.15) is 36.4 Å². The molecule has 4 aromatic rings. The van der Waals surface area contributed by atoms with E-state index in [2.05, 4.69) is 21.6 Å². The van der Waals surface area contributed by atoms with E-state index in [4.69, 9.17) is 38.8 Å². The Balaban J connectivity index is 1.46. The Bertz CT molecular complexity index is 1600. The maximum atomic E-state index is 6.44. The van der Waals surface area contributed by atoms with Crippen molar-refractivity contribution >= 4 is 52.3 Å². The summed E-state index contributed by atoms with van der Waals surface area (Å²) in [6.07, 6.45) is 5.11. The molecule has 1 aromatic heterocycles. The number of halogens is 2. The van der Waals surface area contributed by atoms with E-state index in [1.165, 1.54) is 11.1 Å². The fourth-order valence-corrected chi connectivity index (χ4v) is 5.37. The second-order valence-electron chi connectivity index (χ2n) is 9.48. The van der Waals surface area contributed by atoms with Gasteiger partial charge in [-0.05, 0) is 96.1 Å². The number of hydrogen-bond donors (Lipinski definition) is 2. The smallest absolute Gasteiger partial charge is 0.175 e. The Morgan fingerprint density at radius 1 is 0.949 bits per heavy atom. The summed E-state index contributed by atoms with van der Waals surface area (Å²) >= 11 is 12.4. The summed E-state index contributed by atoms with van der Waals surface area (Å²) in [7, 11) is 1.63. The van der Waals surface area contributed by atoms with Gasteiger partial charge in [0.2, 0.25) is 0 Å². The number of azo groups is 1. The number of aromatic nitrogens is 2. The number of allylic oxidation sites excluding steroid dienone is 2. The minimum atomic E-state index is -0.158. The number of fused-ring (bicyclic) bond motifs is 1. The molecule has 39 heavy (non-hydrogen) atoms. The zero-order chi connectivity index (χ0) is 26.9. The van der Waals surface area contributed by atoms with Gasteiger partial charge in [-0.2, -0.15) is 10.2 Å². The molecule has 0 fully saturated rings. The maximum absolute atomic E-state index is 6.44.